The third kappa shape index (κ3) is 1.42. The van der Waals surface area contributed by atoms with Crippen LogP contribution in [0.15, 0.2) is 16.4 Å². The monoisotopic (exact) mass is 195 g/mol. The van der Waals surface area contributed by atoms with Crippen molar-refractivity contribution in [2.75, 3.05) is 13.6 Å². The second-order valence-corrected chi connectivity index (χ2v) is 4.43. The van der Waals surface area contributed by atoms with E-state index in [1.54, 1.807) is 11.3 Å². The number of aryl methyl sites for hydroxylation is 1. The number of nitrogens with two attached hydrogens (primary N) is 1. The van der Waals surface area contributed by atoms with Crippen molar-refractivity contribution >= 4 is 17.3 Å². The number of rotatable bonds is 1. The Morgan fingerprint density at radius 3 is 2.92 bits per heavy atom. The molecule has 0 amide bonds. The molecular weight excluding hydrogens is 182 g/mol. The van der Waals surface area contributed by atoms with Gasteiger partial charge in [-0.2, -0.15) is 0 Å². The van der Waals surface area contributed by atoms with Gasteiger partial charge >= 0.3 is 0 Å². The fourth-order valence-electron chi connectivity index (χ4n) is 1.54. The van der Waals surface area contributed by atoms with E-state index in [1.807, 2.05) is 11.9 Å². The molecule has 2 heterocycles. The van der Waals surface area contributed by atoms with Crippen LogP contribution in [0.4, 0.5) is 0 Å². The Labute approximate surface area is 81.9 Å². The van der Waals surface area contributed by atoms with Crippen LogP contribution >= 0.6 is 11.3 Å². The number of hydrogen-bond donors (Lipinski definition) is 1. The van der Waals surface area contributed by atoms with Crippen LogP contribution in [0.3, 0.4) is 0 Å². The maximum absolute atomic E-state index is 5.69. The molecule has 0 spiro atoms. The van der Waals surface area contributed by atoms with Gasteiger partial charge in [0.25, 0.3) is 0 Å². The van der Waals surface area contributed by atoms with E-state index in [-0.39, 0.29) is 0 Å². The Morgan fingerprint density at radius 1 is 1.69 bits per heavy atom. The van der Waals surface area contributed by atoms with Gasteiger partial charge in [0.1, 0.15) is 0 Å². The Kier molecular flexibility index (Phi) is 2.00. The van der Waals surface area contributed by atoms with Crippen LogP contribution in [0.25, 0.3) is 0 Å². The van der Waals surface area contributed by atoms with Gasteiger partial charge in [0.15, 0.2) is 5.96 Å². The first-order chi connectivity index (χ1) is 6.18. The Bertz CT molecular complexity index is 342. The van der Waals surface area contributed by atoms with Crippen molar-refractivity contribution in [3.63, 3.8) is 0 Å². The summed E-state index contributed by atoms with van der Waals surface area (Å²) < 4.78 is 0. The van der Waals surface area contributed by atoms with Crippen LogP contribution in [0.1, 0.15) is 16.5 Å². The lowest BCUT2D eigenvalue weighted by atomic mass is 10.1. The third-order valence-electron chi connectivity index (χ3n) is 2.39. The van der Waals surface area contributed by atoms with Crippen molar-refractivity contribution in [2.24, 2.45) is 10.7 Å². The summed E-state index contributed by atoms with van der Waals surface area (Å²) in [4.78, 5) is 7.58. The molecule has 1 aromatic heterocycles. The predicted octanol–water partition coefficient (Wildman–Crippen LogP) is 1.36. The van der Waals surface area contributed by atoms with Crippen molar-refractivity contribution in [1.82, 2.24) is 4.90 Å². The van der Waals surface area contributed by atoms with Crippen molar-refractivity contribution in [3.8, 4) is 0 Å². The average molecular weight is 195 g/mol. The molecule has 2 rings (SSSR count). The minimum atomic E-state index is 0.352. The molecule has 1 unspecified atom stereocenters. The molecule has 3 nitrogen and oxygen atoms in total. The van der Waals surface area contributed by atoms with Gasteiger partial charge in [-0.25, -0.2) is 0 Å². The number of guanidine groups is 1. The summed E-state index contributed by atoms with van der Waals surface area (Å²) in [5, 5.41) is 2.19. The lowest BCUT2D eigenvalue weighted by Crippen LogP contribution is -2.32. The first kappa shape index (κ1) is 8.56. The smallest absolute Gasteiger partial charge is 0.191 e. The standard InChI is InChI=1S/C9H13N3S/c1-6-3-7(5-13-6)8-4-11-9(10)12(8)2/h3,5,8H,4H2,1-2H3,(H2,10,11). The number of aliphatic imine (C=N–C) groups is 1. The highest BCUT2D eigenvalue weighted by atomic mass is 32.1. The van der Waals surface area contributed by atoms with Gasteiger partial charge in [0, 0.05) is 11.9 Å². The maximum Gasteiger partial charge on any atom is 0.191 e. The summed E-state index contributed by atoms with van der Waals surface area (Å²) in [5.74, 6) is 0.647. The molecular formula is C9H13N3S. The zero-order valence-electron chi connectivity index (χ0n) is 7.82. The van der Waals surface area contributed by atoms with Crippen molar-refractivity contribution in [1.29, 1.82) is 0 Å². The number of hydrogen-bond acceptors (Lipinski definition) is 4. The molecule has 0 aromatic carbocycles. The zero-order valence-corrected chi connectivity index (χ0v) is 8.64. The molecule has 2 N–H and O–H groups in total. The van der Waals surface area contributed by atoms with Crippen LogP contribution in [0.2, 0.25) is 0 Å². The summed E-state index contributed by atoms with van der Waals surface area (Å²) >= 11 is 1.78. The Balaban J connectivity index is 2.21. The lowest BCUT2D eigenvalue weighted by Gasteiger charge is -2.19. The minimum Gasteiger partial charge on any atom is -0.370 e. The van der Waals surface area contributed by atoms with E-state index in [9.17, 15) is 0 Å². The van der Waals surface area contributed by atoms with E-state index in [2.05, 4.69) is 23.4 Å². The normalized spacial score (nSPS) is 22.2. The van der Waals surface area contributed by atoms with E-state index in [1.165, 1.54) is 10.4 Å². The van der Waals surface area contributed by atoms with Crippen molar-refractivity contribution < 1.29 is 0 Å². The van der Waals surface area contributed by atoms with Gasteiger partial charge in [-0.05, 0) is 23.9 Å². The highest BCUT2D eigenvalue weighted by Gasteiger charge is 2.24. The lowest BCUT2D eigenvalue weighted by molar-refractivity contribution is 0.415. The summed E-state index contributed by atoms with van der Waals surface area (Å²) in [5.41, 5.74) is 7.02. The summed E-state index contributed by atoms with van der Waals surface area (Å²) in [6.07, 6.45) is 0. The Hall–Kier alpha value is -1.03. The Morgan fingerprint density at radius 2 is 2.46 bits per heavy atom. The highest BCUT2D eigenvalue weighted by molar-refractivity contribution is 7.10. The van der Waals surface area contributed by atoms with Gasteiger partial charge in [0.2, 0.25) is 0 Å². The largest absolute Gasteiger partial charge is 0.370 e. The second kappa shape index (κ2) is 3.03. The number of thiophene rings is 1. The van der Waals surface area contributed by atoms with Crippen LogP contribution in [0, 0.1) is 6.92 Å². The molecule has 1 aromatic rings. The molecule has 0 saturated heterocycles. The molecule has 4 heteroatoms. The summed E-state index contributed by atoms with van der Waals surface area (Å²) in [7, 11) is 1.99. The molecule has 1 aliphatic rings. The molecule has 13 heavy (non-hydrogen) atoms. The van der Waals surface area contributed by atoms with E-state index in [4.69, 9.17) is 5.73 Å². The molecule has 0 aliphatic carbocycles. The van der Waals surface area contributed by atoms with Crippen molar-refractivity contribution in [3.05, 3.63) is 21.9 Å². The highest BCUT2D eigenvalue weighted by Crippen LogP contribution is 2.27. The SMILES string of the molecule is Cc1cc(C2CN=C(N)N2C)cs1. The second-order valence-electron chi connectivity index (χ2n) is 3.32. The average Bonchev–Trinajstić information content (AvgIpc) is 2.62. The molecule has 70 valence electrons. The molecule has 1 aliphatic heterocycles. The third-order valence-corrected chi connectivity index (χ3v) is 3.27. The van der Waals surface area contributed by atoms with E-state index in [0.29, 0.717) is 12.0 Å². The van der Waals surface area contributed by atoms with Crippen molar-refractivity contribution in [2.45, 2.75) is 13.0 Å². The van der Waals surface area contributed by atoms with Gasteiger partial charge in [-0.1, -0.05) is 0 Å². The first-order valence-electron chi connectivity index (χ1n) is 4.26. The molecule has 0 radical (unpaired) electrons. The topological polar surface area (TPSA) is 41.6 Å². The zero-order chi connectivity index (χ0) is 9.42. The maximum atomic E-state index is 5.69. The van der Waals surface area contributed by atoms with E-state index in [0.717, 1.165) is 6.54 Å². The fraction of sp³-hybridized carbons (Fsp3) is 0.444. The van der Waals surface area contributed by atoms with Crippen LogP contribution in [-0.4, -0.2) is 24.5 Å². The van der Waals surface area contributed by atoms with E-state index >= 15 is 0 Å². The van der Waals surface area contributed by atoms with Gasteiger partial charge < -0.3 is 10.6 Å². The molecule has 0 fully saturated rings. The summed E-state index contributed by atoms with van der Waals surface area (Å²) in [6, 6.07) is 2.56. The summed E-state index contributed by atoms with van der Waals surface area (Å²) in [6.45, 7) is 2.91. The van der Waals surface area contributed by atoms with Gasteiger partial charge in [-0.3, -0.25) is 4.99 Å². The quantitative estimate of drug-likeness (QED) is 0.735. The number of nitrogens with zero attached hydrogens (tertiary/aromatic N) is 2. The van der Waals surface area contributed by atoms with E-state index < -0.39 is 0 Å². The van der Waals surface area contributed by atoms with Gasteiger partial charge in [-0.15, -0.1) is 11.3 Å². The minimum absolute atomic E-state index is 0.352. The fourth-order valence-corrected chi connectivity index (χ4v) is 2.29. The molecule has 0 bridgehead atoms. The van der Waals surface area contributed by atoms with Gasteiger partial charge in [0.05, 0.1) is 12.6 Å². The molecule has 0 saturated carbocycles. The first-order valence-corrected chi connectivity index (χ1v) is 5.14. The van der Waals surface area contributed by atoms with Crippen LogP contribution < -0.4 is 5.73 Å². The van der Waals surface area contributed by atoms with Crippen LogP contribution in [0.5, 0.6) is 0 Å². The van der Waals surface area contributed by atoms with Crippen LogP contribution in [-0.2, 0) is 0 Å². The predicted molar refractivity (Wildman–Crippen MR) is 56.0 cm³/mol. The molecule has 1 atom stereocenters. The number of likely N-dealkylation sites (N-methyl/N-ethyl adjacent to an activating group) is 1.